The Labute approximate surface area is 94.5 Å². The predicted octanol–water partition coefficient (Wildman–Crippen LogP) is -1.28. The molecule has 0 aromatic heterocycles. The van der Waals surface area contributed by atoms with Crippen LogP contribution in [-0.4, -0.2) is 37.4 Å². The lowest BCUT2D eigenvalue weighted by Crippen LogP contribution is -2.45. The third-order valence-corrected chi connectivity index (χ3v) is 4.80. The molecule has 8 heteroatoms. The highest BCUT2D eigenvalue weighted by Gasteiger charge is 2.33. The van der Waals surface area contributed by atoms with Gasteiger partial charge in [-0.05, 0) is 26.8 Å². The molecule has 2 atom stereocenters. The second-order valence-electron chi connectivity index (χ2n) is 3.47. The molecular formula is C8H17N3O4S. The lowest BCUT2D eigenvalue weighted by molar-refractivity contribution is -0.119. The van der Waals surface area contributed by atoms with Gasteiger partial charge in [0, 0.05) is 0 Å². The minimum atomic E-state index is -3.65. The van der Waals surface area contributed by atoms with Gasteiger partial charge in [0.25, 0.3) is 0 Å². The first kappa shape index (κ1) is 14.8. The lowest BCUT2D eigenvalue weighted by Gasteiger charge is -2.17. The van der Waals surface area contributed by atoms with E-state index < -0.39 is 32.3 Å². The van der Waals surface area contributed by atoms with Gasteiger partial charge >= 0.3 is 6.03 Å². The zero-order valence-corrected chi connectivity index (χ0v) is 10.1. The van der Waals surface area contributed by atoms with Crippen molar-refractivity contribution in [3.05, 3.63) is 0 Å². The standard InChI is InChI=1S/C8H17N3O4S/c1-5(3-4-9)16(14,15)6(2)7(12)11-8(10)13/h5-6H,3-4,9H2,1-2H3,(H3,10,11,12,13). The van der Waals surface area contributed by atoms with Crippen molar-refractivity contribution in [2.45, 2.75) is 30.8 Å². The number of rotatable bonds is 5. The summed E-state index contributed by atoms with van der Waals surface area (Å²) in [6.07, 6.45) is 0.260. The lowest BCUT2D eigenvalue weighted by atomic mass is 10.3. The van der Waals surface area contributed by atoms with E-state index >= 15 is 0 Å². The Morgan fingerprint density at radius 3 is 2.19 bits per heavy atom. The van der Waals surface area contributed by atoms with Crippen molar-refractivity contribution in [3.63, 3.8) is 0 Å². The summed E-state index contributed by atoms with van der Waals surface area (Å²) in [4.78, 5) is 21.7. The molecule has 5 N–H and O–H groups in total. The number of hydrogen-bond acceptors (Lipinski definition) is 5. The minimum absolute atomic E-state index is 0.213. The number of sulfone groups is 1. The molecule has 0 saturated carbocycles. The number of urea groups is 1. The zero-order valence-electron chi connectivity index (χ0n) is 9.26. The average Bonchev–Trinajstić information content (AvgIpc) is 2.15. The van der Waals surface area contributed by atoms with E-state index in [2.05, 4.69) is 0 Å². The quantitative estimate of drug-likeness (QED) is 0.560. The van der Waals surface area contributed by atoms with Gasteiger partial charge in [0.2, 0.25) is 5.91 Å². The molecule has 0 spiro atoms. The van der Waals surface area contributed by atoms with Gasteiger partial charge in [0.05, 0.1) is 5.25 Å². The Kier molecular flexibility index (Phi) is 5.39. The van der Waals surface area contributed by atoms with E-state index in [9.17, 15) is 18.0 Å². The van der Waals surface area contributed by atoms with Crippen molar-refractivity contribution in [2.24, 2.45) is 11.5 Å². The largest absolute Gasteiger partial charge is 0.351 e. The van der Waals surface area contributed by atoms with Gasteiger partial charge in [0.15, 0.2) is 9.84 Å². The first-order valence-electron chi connectivity index (χ1n) is 4.76. The van der Waals surface area contributed by atoms with Gasteiger partial charge in [-0.25, -0.2) is 13.2 Å². The van der Waals surface area contributed by atoms with Gasteiger partial charge in [-0.2, -0.15) is 0 Å². The number of carbonyl (C=O) groups is 2. The summed E-state index contributed by atoms with van der Waals surface area (Å²) in [7, 11) is -3.65. The number of imide groups is 1. The molecule has 0 aromatic carbocycles. The SMILES string of the molecule is CC(CCN)S(=O)(=O)C(C)C(=O)NC(N)=O. The first-order chi connectivity index (χ1) is 7.23. The van der Waals surface area contributed by atoms with Crippen LogP contribution in [0.15, 0.2) is 0 Å². The molecule has 0 aliphatic rings. The minimum Gasteiger partial charge on any atom is -0.351 e. The number of primary amides is 1. The molecule has 0 aliphatic carbocycles. The number of nitrogens with one attached hydrogen (secondary N) is 1. The second kappa shape index (κ2) is 5.80. The van der Waals surface area contributed by atoms with Crippen LogP contribution in [0.5, 0.6) is 0 Å². The number of carbonyl (C=O) groups excluding carboxylic acids is 2. The summed E-state index contributed by atoms with van der Waals surface area (Å²) in [5, 5.41) is -0.313. The highest BCUT2D eigenvalue weighted by Crippen LogP contribution is 2.12. The molecular weight excluding hydrogens is 234 g/mol. The van der Waals surface area contributed by atoms with E-state index in [1.807, 2.05) is 0 Å². The van der Waals surface area contributed by atoms with Crippen molar-refractivity contribution < 1.29 is 18.0 Å². The molecule has 0 saturated heterocycles. The van der Waals surface area contributed by atoms with Crippen LogP contribution in [0.3, 0.4) is 0 Å². The summed E-state index contributed by atoms with van der Waals surface area (Å²) >= 11 is 0. The summed E-state index contributed by atoms with van der Waals surface area (Å²) < 4.78 is 23.5. The van der Waals surface area contributed by atoms with Crippen molar-refractivity contribution in [2.75, 3.05) is 6.54 Å². The monoisotopic (exact) mass is 251 g/mol. The van der Waals surface area contributed by atoms with E-state index in [0.29, 0.717) is 0 Å². The topological polar surface area (TPSA) is 132 Å². The fourth-order valence-electron chi connectivity index (χ4n) is 1.12. The third-order valence-electron chi connectivity index (χ3n) is 2.24. The maximum absolute atomic E-state index is 11.8. The third kappa shape index (κ3) is 3.78. The highest BCUT2D eigenvalue weighted by atomic mass is 32.2. The fraction of sp³-hybridized carbons (Fsp3) is 0.750. The Morgan fingerprint density at radius 2 is 1.81 bits per heavy atom. The molecule has 16 heavy (non-hydrogen) atoms. The van der Waals surface area contributed by atoms with Crippen LogP contribution in [0.25, 0.3) is 0 Å². The molecule has 0 radical (unpaired) electrons. The van der Waals surface area contributed by atoms with Crippen molar-refractivity contribution in [1.29, 1.82) is 0 Å². The van der Waals surface area contributed by atoms with Crippen LogP contribution in [0.1, 0.15) is 20.3 Å². The average molecular weight is 251 g/mol. The van der Waals surface area contributed by atoms with Crippen molar-refractivity contribution in [1.82, 2.24) is 5.32 Å². The van der Waals surface area contributed by atoms with Crippen LogP contribution in [0.2, 0.25) is 0 Å². The molecule has 2 unspecified atom stereocenters. The van der Waals surface area contributed by atoms with Gasteiger partial charge in [-0.1, -0.05) is 0 Å². The molecule has 0 bridgehead atoms. The number of hydrogen-bond donors (Lipinski definition) is 3. The van der Waals surface area contributed by atoms with Crippen LogP contribution in [-0.2, 0) is 14.6 Å². The van der Waals surface area contributed by atoms with E-state index in [0.717, 1.165) is 0 Å². The van der Waals surface area contributed by atoms with Crippen LogP contribution < -0.4 is 16.8 Å². The first-order valence-corrected chi connectivity index (χ1v) is 6.37. The fourth-order valence-corrected chi connectivity index (χ4v) is 2.64. The Bertz CT molecular complexity index is 365. The van der Waals surface area contributed by atoms with E-state index in [1.165, 1.54) is 13.8 Å². The molecule has 0 aromatic rings. The Hall–Kier alpha value is -1.15. The maximum Gasteiger partial charge on any atom is 0.318 e. The van der Waals surface area contributed by atoms with Crippen LogP contribution in [0, 0.1) is 0 Å². The summed E-state index contributed by atoms with van der Waals surface area (Å²) in [6, 6.07) is -1.07. The Morgan fingerprint density at radius 1 is 1.31 bits per heavy atom. The predicted molar refractivity (Wildman–Crippen MR) is 59.2 cm³/mol. The molecule has 0 aliphatic heterocycles. The van der Waals surface area contributed by atoms with E-state index in [1.54, 1.807) is 5.32 Å². The van der Waals surface area contributed by atoms with E-state index in [4.69, 9.17) is 11.5 Å². The summed E-state index contributed by atoms with van der Waals surface area (Å²) in [6.45, 7) is 2.89. The highest BCUT2D eigenvalue weighted by molar-refractivity contribution is 7.93. The van der Waals surface area contributed by atoms with Crippen LogP contribution >= 0.6 is 0 Å². The molecule has 94 valence electrons. The molecule has 3 amide bonds. The summed E-state index contributed by atoms with van der Waals surface area (Å²) in [5.74, 6) is -0.920. The molecule has 0 fully saturated rings. The van der Waals surface area contributed by atoms with Gasteiger partial charge < -0.3 is 11.5 Å². The van der Waals surface area contributed by atoms with Crippen molar-refractivity contribution >= 4 is 21.8 Å². The molecule has 0 heterocycles. The zero-order chi connectivity index (χ0) is 12.9. The van der Waals surface area contributed by atoms with Gasteiger partial charge in [-0.15, -0.1) is 0 Å². The smallest absolute Gasteiger partial charge is 0.318 e. The second-order valence-corrected chi connectivity index (χ2v) is 6.16. The molecule has 0 rings (SSSR count). The van der Waals surface area contributed by atoms with E-state index in [-0.39, 0.29) is 13.0 Å². The number of nitrogens with two attached hydrogens (primary N) is 2. The van der Waals surface area contributed by atoms with Crippen molar-refractivity contribution in [3.8, 4) is 0 Å². The van der Waals surface area contributed by atoms with Gasteiger partial charge in [0.1, 0.15) is 5.25 Å². The Balaban J connectivity index is 4.76. The number of amides is 3. The maximum atomic E-state index is 11.8. The van der Waals surface area contributed by atoms with Gasteiger partial charge in [-0.3, -0.25) is 10.1 Å². The van der Waals surface area contributed by atoms with Crippen LogP contribution in [0.4, 0.5) is 4.79 Å². The summed E-state index contributed by atoms with van der Waals surface area (Å²) in [5.41, 5.74) is 9.97. The molecule has 7 nitrogen and oxygen atoms in total. The normalized spacial score (nSPS) is 15.2.